The van der Waals surface area contributed by atoms with Crippen molar-refractivity contribution in [2.24, 2.45) is 0 Å². The van der Waals surface area contributed by atoms with Crippen LogP contribution in [-0.2, 0) is 0 Å². The Morgan fingerprint density at radius 3 is 2.67 bits per heavy atom. The highest BCUT2D eigenvalue weighted by molar-refractivity contribution is 5.40. The van der Waals surface area contributed by atoms with Crippen molar-refractivity contribution in [1.29, 1.82) is 5.26 Å². The van der Waals surface area contributed by atoms with Crippen molar-refractivity contribution in [3.63, 3.8) is 0 Å². The number of hydrogen-bond donors (Lipinski definition) is 0. The van der Waals surface area contributed by atoms with E-state index in [1.807, 2.05) is 0 Å². The van der Waals surface area contributed by atoms with Gasteiger partial charge in [-0.2, -0.15) is 22.8 Å². The van der Waals surface area contributed by atoms with E-state index in [4.69, 9.17) is 5.26 Å². The second-order valence-electron chi connectivity index (χ2n) is 3.13. The Balaban J connectivity index is 2.85. The largest absolute Gasteiger partial charge is 0.461 e. The van der Waals surface area contributed by atoms with Crippen LogP contribution in [0.5, 0.6) is 5.75 Å². The average molecular weight is 257 g/mol. The molecule has 0 unspecified atom stereocenters. The van der Waals surface area contributed by atoms with Gasteiger partial charge in [-0.1, -0.05) is 17.9 Å². The molecule has 0 aliphatic heterocycles. The molecule has 1 aromatic rings. The molecular formula is C12H7F4NO. The van der Waals surface area contributed by atoms with Gasteiger partial charge >= 0.3 is 12.5 Å². The van der Waals surface area contributed by atoms with E-state index in [1.54, 1.807) is 6.07 Å². The number of rotatable bonds is 3. The van der Waals surface area contributed by atoms with E-state index in [-0.39, 0.29) is 6.42 Å². The van der Waals surface area contributed by atoms with Crippen LogP contribution in [0.15, 0.2) is 24.3 Å². The summed E-state index contributed by atoms with van der Waals surface area (Å²) in [5, 5.41) is 8.25. The van der Waals surface area contributed by atoms with Crippen LogP contribution in [0.25, 0.3) is 0 Å². The predicted octanol–water partition coefficient (Wildman–Crippen LogP) is 3.19. The second-order valence-corrected chi connectivity index (χ2v) is 3.13. The molecule has 0 saturated carbocycles. The van der Waals surface area contributed by atoms with Crippen LogP contribution in [0.3, 0.4) is 0 Å². The standard InChI is InChI=1S/C12H7F4NO/c13-11(14)12(15,16)18-10-6-3-5-9(8-10)4-1-2-7-17/h3,5-6,8,11H,2H2. The molecule has 0 spiro atoms. The topological polar surface area (TPSA) is 33.0 Å². The molecular weight excluding hydrogens is 250 g/mol. The molecule has 2 nitrogen and oxygen atoms in total. The van der Waals surface area contributed by atoms with Crippen LogP contribution in [0.4, 0.5) is 17.6 Å². The van der Waals surface area contributed by atoms with Crippen LogP contribution in [-0.4, -0.2) is 12.5 Å². The maximum atomic E-state index is 12.6. The van der Waals surface area contributed by atoms with E-state index in [9.17, 15) is 17.6 Å². The number of benzene rings is 1. The molecule has 6 heteroatoms. The van der Waals surface area contributed by atoms with Crippen molar-refractivity contribution in [3.8, 4) is 23.7 Å². The Kier molecular flexibility index (Phi) is 4.56. The van der Waals surface area contributed by atoms with Gasteiger partial charge in [0, 0.05) is 5.56 Å². The van der Waals surface area contributed by atoms with Crippen LogP contribution in [0, 0.1) is 23.2 Å². The molecule has 0 radical (unpaired) electrons. The van der Waals surface area contributed by atoms with Crippen molar-refractivity contribution in [2.75, 3.05) is 0 Å². The molecule has 0 aliphatic rings. The number of alkyl halides is 4. The SMILES string of the molecule is N#CCC#Cc1cccc(OC(F)(F)C(F)F)c1. The first kappa shape index (κ1) is 13.9. The van der Waals surface area contributed by atoms with Crippen molar-refractivity contribution in [2.45, 2.75) is 19.0 Å². The molecule has 1 aromatic carbocycles. The summed E-state index contributed by atoms with van der Waals surface area (Å²) in [4.78, 5) is 0. The summed E-state index contributed by atoms with van der Waals surface area (Å²) in [6.45, 7) is 0. The molecule has 0 aromatic heterocycles. The minimum atomic E-state index is -4.54. The molecule has 0 saturated heterocycles. The van der Waals surface area contributed by atoms with Gasteiger partial charge in [-0.15, -0.1) is 0 Å². The summed E-state index contributed by atoms with van der Waals surface area (Å²) in [6, 6.07) is 6.82. The van der Waals surface area contributed by atoms with Crippen molar-refractivity contribution >= 4 is 0 Å². The summed E-state index contributed by atoms with van der Waals surface area (Å²) < 4.78 is 52.9. The van der Waals surface area contributed by atoms with Gasteiger partial charge in [0.05, 0.1) is 12.5 Å². The van der Waals surface area contributed by atoms with Crippen LogP contribution < -0.4 is 4.74 Å². The molecule has 94 valence electrons. The number of hydrogen-bond acceptors (Lipinski definition) is 2. The first-order chi connectivity index (χ1) is 8.45. The summed E-state index contributed by atoms with van der Waals surface area (Å²) in [5.74, 6) is 4.56. The van der Waals surface area contributed by atoms with Crippen molar-refractivity contribution in [1.82, 2.24) is 0 Å². The number of halogens is 4. The highest BCUT2D eigenvalue weighted by atomic mass is 19.3. The highest BCUT2D eigenvalue weighted by Crippen LogP contribution is 2.27. The van der Waals surface area contributed by atoms with E-state index in [0.717, 1.165) is 12.1 Å². The third kappa shape index (κ3) is 3.99. The number of ether oxygens (including phenoxy) is 1. The third-order valence-electron chi connectivity index (χ3n) is 1.74. The summed E-state index contributed by atoms with van der Waals surface area (Å²) >= 11 is 0. The molecule has 0 bridgehead atoms. The Morgan fingerprint density at radius 2 is 2.06 bits per heavy atom. The lowest BCUT2D eigenvalue weighted by atomic mass is 10.2. The molecule has 18 heavy (non-hydrogen) atoms. The van der Waals surface area contributed by atoms with Gasteiger partial charge in [-0.3, -0.25) is 0 Å². The van der Waals surface area contributed by atoms with E-state index >= 15 is 0 Å². The Hall–Kier alpha value is -2.21. The highest BCUT2D eigenvalue weighted by Gasteiger charge is 2.43. The second kappa shape index (κ2) is 5.92. The maximum Gasteiger partial charge on any atom is 0.461 e. The van der Waals surface area contributed by atoms with Gasteiger partial charge in [0.2, 0.25) is 0 Å². The van der Waals surface area contributed by atoms with Gasteiger partial charge in [-0.25, -0.2) is 0 Å². The van der Waals surface area contributed by atoms with E-state index in [2.05, 4.69) is 16.6 Å². The zero-order chi connectivity index (χ0) is 13.6. The zero-order valence-electron chi connectivity index (χ0n) is 8.96. The molecule has 0 amide bonds. The van der Waals surface area contributed by atoms with E-state index in [0.29, 0.717) is 5.56 Å². The summed E-state index contributed by atoms with van der Waals surface area (Å²) in [6.07, 6.45) is -8.47. The fourth-order valence-corrected chi connectivity index (χ4v) is 1.02. The zero-order valence-corrected chi connectivity index (χ0v) is 8.96. The van der Waals surface area contributed by atoms with Crippen LogP contribution >= 0.6 is 0 Å². The lowest BCUT2D eigenvalue weighted by molar-refractivity contribution is -0.253. The molecule has 1 rings (SSSR count). The quantitative estimate of drug-likeness (QED) is 0.615. The predicted molar refractivity (Wildman–Crippen MR) is 55.1 cm³/mol. The molecule has 0 heterocycles. The summed E-state index contributed by atoms with van der Waals surface area (Å²) in [7, 11) is 0. The van der Waals surface area contributed by atoms with Crippen molar-refractivity contribution in [3.05, 3.63) is 29.8 Å². The first-order valence-corrected chi connectivity index (χ1v) is 4.76. The van der Waals surface area contributed by atoms with Gasteiger partial charge in [0.25, 0.3) is 0 Å². The lowest BCUT2D eigenvalue weighted by Crippen LogP contribution is -2.33. The number of nitriles is 1. The normalized spacial score (nSPS) is 10.4. The third-order valence-corrected chi connectivity index (χ3v) is 1.74. The fourth-order valence-electron chi connectivity index (χ4n) is 1.02. The molecule has 0 aliphatic carbocycles. The van der Waals surface area contributed by atoms with E-state index < -0.39 is 18.3 Å². The Morgan fingerprint density at radius 1 is 1.33 bits per heavy atom. The molecule has 0 fully saturated rings. The minimum Gasteiger partial charge on any atom is -0.428 e. The number of nitrogens with zero attached hydrogens (tertiary/aromatic N) is 1. The van der Waals surface area contributed by atoms with Gasteiger partial charge in [-0.05, 0) is 18.2 Å². The van der Waals surface area contributed by atoms with Gasteiger partial charge < -0.3 is 4.74 Å². The smallest absolute Gasteiger partial charge is 0.428 e. The average Bonchev–Trinajstić information content (AvgIpc) is 2.29. The Bertz CT molecular complexity index is 511. The first-order valence-electron chi connectivity index (χ1n) is 4.76. The molecule has 0 atom stereocenters. The Labute approximate surface area is 101 Å². The van der Waals surface area contributed by atoms with Crippen LogP contribution in [0.1, 0.15) is 12.0 Å². The van der Waals surface area contributed by atoms with Gasteiger partial charge in [0.1, 0.15) is 5.75 Å². The fraction of sp³-hybridized carbons (Fsp3) is 0.250. The lowest BCUT2D eigenvalue weighted by Gasteiger charge is -2.16. The summed E-state index contributed by atoms with van der Waals surface area (Å²) in [5.41, 5.74) is 0.299. The molecule has 0 N–H and O–H groups in total. The maximum absolute atomic E-state index is 12.6. The minimum absolute atomic E-state index is 0.0156. The van der Waals surface area contributed by atoms with Gasteiger partial charge in [0.15, 0.2) is 0 Å². The van der Waals surface area contributed by atoms with Crippen LogP contribution in [0.2, 0.25) is 0 Å². The monoisotopic (exact) mass is 257 g/mol. The van der Waals surface area contributed by atoms with E-state index in [1.165, 1.54) is 12.1 Å². The van der Waals surface area contributed by atoms with Crippen molar-refractivity contribution < 1.29 is 22.3 Å².